The van der Waals surface area contributed by atoms with Gasteiger partial charge in [-0.3, -0.25) is 9.79 Å². The number of dihydropyridines is 1. The molecule has 0 radical (unpaired) electrons. The maximum atomic E-state index is 10.7. The number of nitrogens with zero attached hydrogens (tertiary/aromatic N) is 1. The monoisotopic (exact) mass is 188 g/mol. The van der Waals surface area contributed by atoms with Crippen LogP contribution in [0, 0.1) is 0 Å². The standard InChI is InChI=1S/C5H5BrN2O/c6-3-1-4(9)5(7)8-2-3/h1-2,5H,7H2. The molecule has 1 atom stereocenters. The van der Waals surface area contributed by atoms with Crippen LogP contribution in [0.5, 0.6) is 0 Å². The van der Waals surface area contributed by atoms with Crippen LogP contribution in [0.25, 0.3) is 0 Å². The van der Waals surface area contributed by atoms with E-state index in [4.69, 9.17) is 5.73 Å². The summed E-state index contributed by atoms with van der Waals surface area (Å²) in [5, 5.41) is 0. The molecule has 0 saturated carbocycles. The average molecular weight is 189 g/mol. The summed E-state index contributed by atoms with van der Waals surface area (Å²) in [6, 6.07) is 0. The molecule has 3 nitrogen and oxygen atoms in total. The van der Waals surface area contributed by atoms with Gasteiger partial charge < -0.3 is 5.73 Å². The predicted molar refractivity (Wildman–Crippen MR) is 38.5 cm³/mol. The number of rotatable bonds is 0. The number of ketones is 1. The lowest BCUT2D eigenvalue weighted by Crippen LogP contribution is -2.28. The van der Waals surface area contributed by atoms with Gasteiger partial charge in [0.2, 0.25) is 0 Å². The van der Waals surface area contributed by atoms with Crippen molar-refractivity contribution in [2.24, 2.45) is 10.7 Å². The fourth-order valence-corrected chi connectivity index (χ4v) is 0.827. The first-order valence-corrected chi connectivity index (χ1v) is 3.19. The minimum absolute atomic E-state index is 0.163. The third-order valence-electron chi connectivity index (χ3n) is 0.930. The van der Waals surface area contributed by atoms with E-state index < -0.39 is 6.17 Å². The SMILES string of the molecule is NC1N=CC(Br)=CC1=O. The fraction of sp³-hybridized carbons (Fsp3) is 0.200. The van der Waals surface area contributed by atoms with Gasteiger partial charge in [0, 0.05) is 16.8 Å². The molecule has 4 heteroatoms. The Kier molecular flexibility index (Phi) is 1.78. The Morgan fingerprint density at radius 3 is 2.89 bits per heavy atom. The molecule has 0 bridgehead atoms. The molecular weight excluding hydrogens is 184 g/mol. The van der Waals surface area contributed by atoms with Crippen LogP contribution in [0.3, 0.4) is 0 Å². The van der Waals surface area contributed by atoms with E-state index in [1.807, 2.05) is 0 Å². The molecule has 0 aliphatic carbocycles. The molecule has 2 N–H and O–H groups in total. The zero-order valence-electron chi connectivity index (χ0n) is 4.54. The highest BCUT2D eigenvalue weighted by atomic mass is 79.9. The molecule has 1 unspecified atom stereocenters. The van der Waals surface area contributed by atoms with E-state index >= 15 is 0 Å². The van der Waals surface area contributed by atoms with Crippen LogP contribution >= 0.6 is 15.9 Å². The van der Waals surface area contributed by atoms with Crippen LogP contribution in [-0.4, -0.2) is 18.2 Å². The van der Waals surface area contributed by atoms with E-state index in [1.54, 1.807) is 0 Å². The number of hydrogen-bond donors (Lipinski definition) is 1. The molecule has 1 heterocycles. The van der Waals surface area contributed by atoms with Crippen molar-refractivity contribution >= 4 is 27.9 Å². The molecule has 1 rings (SSSR count). The Bertz CT molecular complexity index is 197. The summed E-state index contributed by atoms with van der Waals surface area (Å²) in [7, 11) is 0. The van der Waals surface area contributed by atoms with Crippen LogP contribution in [0.2, 0.25) is 0 Å². The normalized spacial score (nSPS) is 26.2. The number of allylic oxidation sites excluding steroid dienone is 1. The summed E-state index contributed by atoms with van der Waals surface area (Å²) in [6.45, 7) is 0. The van der Waals surface area contributed by atoms with Crippen LogP contribution < -0.4 is 5.73 Å². The summed E-state index contributed by atoms with van der Waals surface area (Å²) < 4.78 is 0.675. The Morgan fingerprint density at radius 1 is 1.78 bits per heavy atom. The molecule has 0 fully saturated rings. The van der Waals surface area contributed by atoms with Gasteiger partial charge >= 0.3 is 0 Å². The Morgan fingerprint density at radius 2 is 2.44 bits per heavy atom. The van der Waals surface area contributed by atoms with E-state index in [1.165, 1.54) is 12.3 Å². The first-order valence-electron chi connectivity index (χ1n) is 2.40. The summed E-state index contributed by atoms with van der Waals surface area (Å²) in [5.74, 6) is -0.163. The second-order valence-corrected chi connectivity index (χ2v) is 2.57. The van der Waals surface area contributed by atoms with E-state index in [0.29, 0.717) is 4.48 Å². The van der Waals surface area contributed by atoms with Crippen LogP contribution in [-0.2, 0) is 4.79 Å². The minimum Gasteiger partial charge on any atom is -0.303 e. The van der Waals surface area contributed by atoms with Gasteiger partial charge in [-0.05, 0) is 15.9 Å². The van der Waals surface area contributed by atoms with Gasteiger partial charge in [-0.1, -0.05) is 0 Å². The summed E-state index contributed by atoms with van der Waals surface area (Å²) in [5.41, 5.74) is 5.23. The molecule has 0 aromatic heterocycles. The third-order valence-corrected chi connectivity index (χ3v) is 1.36. The van der Waals surface area contributed by atoms with Crippen molar-refractivity contribution < 1.29 is 4.79 Å². The fourth-order valence-electron chi connectivity index (χ4n) is 0.484. The smallest absolute Gasteiger partial charge is 0.195 e. The predicted octanol–water partition coefficient (Wildman–Crippen LogP) is 0.204. The number of aliphatic imine (C=N–C) groups is 1. The molecule has 0 aromatic carbocycles. The third kappa shape index (κ3) is 1.46. The number of hydrogen-bond acceptors (Lipinski definition) is 3. The van der Waals surface area contributed by atoms with E-state index in [-0.39, 0.29) is 5.78 Å². The Hall–Kier alpha value is -0.480. The maximum Gasteiger partial charge on any atom is 0.195 e. The average Bonchev–Trinajstić information content (AvgIpc) is 1.80. The van der Waals surface area contributed by atoms with Crippen molar-refractivity contribution in [1.29, 1.82) is 0 Å². The Balaban J connectivity index is 2.82. The number of nitrogens with two attached hydrogens (primary N) is 1. The topological polar surface area (TPSA) is 55.4 Å². The second-order valence-electron chi connectivity index (χ2n) is 1.65. The lowest BCUT2D eigenvalue weighted by atomic mass is 10.2. The molecule has 48 valence electrons. The van der Waals surface area contributed by atoms with Gasteiger partial charge in [-0.15, -0.1) is 0 Å². The highest BCUT2D eigenvalue weighted by Crippen LogP contribution is 2.06. The number of carbonyl (C=O) groups is 1. The van der Waals surface area contributed by atoms with Crippen molar-refractivity contribution in [1.82, 2.24) is 0 Å². The van der Waals surface area contributed by atoms with Crippen molar-refractivity contribution in [3.8, 4) is 0 Å². The van der Waals surface area contributed by atoms with Crippen molar-refractivity contribution in [2.75, 3.05) is 0 Å². The highest BCUT2D eigenvalue weighted by molar-refractivity contribution is 9.12. The molecule has 1 aliphatic heterocycles. The van der Waals surface area contributed by atoms with E-state index in [2.05, 4.69) is 20.9 Å². The summed E-state index contributed by atoms with van der Waals surface area (Å²) in [6.07, 6.45) is 2.25. The minimum atomic E-state index is -0.689. The van der Waals surface area contributed by atoms with Gasteiger partial charge in [0.1, 0.15) is 0 Å². The molecule has 0 amide bonds. The lowest BCUT2D eigenvalue weighted by Gasteiger charge is -2.04. The highest BCUT2D eigenvalue weighted by Gasteiger charge is 2.11. The van der Waals surface area contributed by atoms with Gasteiger partial charge in [-0.2, -0.15) is 0 Å². The summed E-state index contributed by atoms with van der Waals surface area (Å²) >= 11 is 3.09. The lowest BCUT2D eigenvalue weighted by molar-refractivity contribution is -0.115. The van der Waals surface area contributed by atoms with Crippen molar-refractivity contribution in [2.45, 2.75) is 6.17 Å². The molecular formula is C5H5BrN2O. The molecule has 0 aromatic rings. The zero-order valence-corrected chi connectivity index (χ0v) is 6.13. The molecule has 0 saturated heterocycles. The number of carbonyl (C=O) groups excluding carboxylic acids is 1. The van der Waals surface area contributed by atoms with Crippen molar-refractivity contribution in [3.63, 3.8) is 0 Å². The van der Waals surface area contributed by atoms with E-state index in [9.17, 15) is 4.79 Å². The maximum absolute atomic E-state index is 10.7. The van der Waals surface area contributed by atoms with Gasteiger partial charge in [0.05, 0.1) is 0 Å². The first-order chi connectivity index (χ1) is 4.20. The number of halogens is 1. The first kappa shape index (κ1) is 6.64. The van der Waals surface area contributed by atoms with Gasteiger partial charge in [-0.25, -0.2) is 0 Å². The van der Waals surface area contributed by atoms with Crippen LogP contribution in [0.15, 0.2) is 15.6 Å². The van der Waals surface area contributed by atoms with E-state index in [0.717, 1.165) is 0 Å². The zero-order chi connectivity index (χ0) is 6.85. The molecule has 9 heavy (non-hydrogen) atoms. The van der Waals surface area contributed by atoms with Crippen molar-refractivity contribution in [3.05, 3.63) is 10.6 Å². The quantitative estimate of drug-likeness (QED) is 0.591. The largest absolute Gasteiger partial charge is 0.303 e. The van der Waals surface area contributed by atoms with Crippen LogP contribution in [0.4, 0.5) is 0 Å². The Labute approximate surface area is 60.8 Å². The molecule has 0 spiro atoms. The van der Waals surface area contributed by atoms with Crippen LogP contribution in [0.1, 0.15) is 0 Å². The van der Waals surface area contributed by atoms with Gasteiger partial charge in [0.25, 0.3) is 0 Å². The molecule has 1 aliphatic rings. The summed E-state index contributed by atoms with van der Waals surface area (Å²) in [4.78, 5) is 14.3. The second kappa shape index (κ2) is 2.41. The van der Waals surface area contributed by atoms with Gasteiger partial charge in [0.15, 0.2) is 11.9 Å².